The first-order valence-corrected chi connectivity index (χ1v) is 5.34. The first-order chi connectivity index (χ1) is 5.71. The Balaban J connectivity index is 3.16. The van der Waals surface area contributed by atoms with Crippen LogP contribution in [-0.4, -0.2) is 12.4 Å². The summed E-state index contributed by atoms with van der Waals surface area (Å²) in [6.45, 7) is 5.92. The molecule has 0 aliphatic carbocycles. The van der Waals surface area contributed by atoms with Gasteiger partial charge >= 0.3 is 10.2 Å². The van der Waals surface area contributed by atoms with Crippen molar-refractivity contribution < 1.29 is 13.0 Å². The molecule has 0 saturated carbocycles. The van der Waals surface area contributed by atoms with Crippen molar-refractivity contribution in [3.8, 4) is 0 Å². The van der Waals surface area contributed by atoms with Gasteiger partial charge in [-0.1, -0.05) is 0 Å². The summed E-state index contributed by atoms with van der Waals surface area (Å²) in [5.74, 6) is 0. The molecule has 1 aromatic heterocycles. The van der Waals surface area contributed by atoms with Crippen LogP contribution in [0.4, 0.5) is 0 Å². The molecule has 2 N–H and O–H groups in total. The molecule has 13 heavy (non-hydrogen) atoms. The van der Waals surface area contributed by atoms with E-state index in [0.29, 0.717) is 0 Å². The molecule has 0 saturated heterocycles. The molecule has 0 aromatic carbocycles. The Morgan fingerprint density at radius 3 is 2.15 bits per heavy atom. The van der Waals surface area contributed by atoms with E-state index in [2.05, 4.69) is 0 Å². The molecule has 6 heteroatoms. The molecular weight excluding hydrogens is 190 g/mol. The van der Waals surface area contributed by atoms with E-state index in [1.165, 1.54) is 12.5 Å². The number of imidazole rings is 1. The van der Waals surface area contributed by atoms with Gasteiger partial charge in [0.2, 0.25) is 0 Å². The van der Waals surface area contributed by atoms with Gasteiger partial charge in [0.15, 0.2) is 0 Å². The van der Waals surface area contributed by atoms with Crippen LogP contribution in [0.2, 0.25) is 0 Å². The van der Waals surface area contributed by atoms with Crippen molar-refractivity contribution in [3.05, 3.63) is 18.7 Å². The van der Waals surface area contributed by atoms with E-state index < -0.39 is 10.2 Å². The van der Waals surface area contributed by atoms with Crippen molar-refractivity contribution >= 4 is 10.2 Å². The van der Waals surface area contributed by atoms with Crippen LogP contribution in [0, 0.1) is 0 Å². The second-order valence-electron chi connectivity index (χ2n) is 3.87. The third kappa shape index (κ3) is 2.28. The molecule has 1 heterocycles. The third-order valence-corrected chi connectivity index (χ3v) is 2.48. The molecule has 1 aromatic rings. The molecule has 0 bridgehead atoms. The average Bonchev–Trinajstić information content (AvgIpc) is 2.28. The van der Waals surface area contributed by atoms with Crippen LogP contribution < -0.4 is 9.71 Å². The lowest BCUT2D eigenvalue weighted by molar-refractivity contribution is -0.753. The maximum atomic E-state index is 10.9. The lowest BCUT2D eigenvalue weighted by atomic mass is 10.1. The van der Waals surface area contributed by atoms with Crippen molar-refractivity contribution in [1.82, 2.24) is 3.97 Å². The minimum absolute atomic E-state index is 0.143. The number of nitrogens with two attached hydrogens (primary N) is 1. The Kier molecular flexibility index (Phi) is 2.21. The number of hydrogen-bond acceptors (Lipinski definition) is 2. The van der Waals surface area contributed by atoms with Gasteiger partial charge in [0.25, 0.3) is 6.33 Å². The minimum atomic E-state index is -3.65. The number of hydrogen-bond donors (Lipinski definition) is 1. The Labute approximate surface area is 78.0 Å². The van der Waals surface area contributed by atoms with Crippen molar-refractivity contribution in [3.63, 3.8) is 0 Å². The highest BCUT2D eigenvalue weighted by molar-refractivity contribution is 7.87. The number of nitrogens with zero attached hydrogens (tertiary/aromatic N) is 2. The second kappa shape index (κ2) is 2.81. The van der Waals surface area contributed by atoms with Gasteiger partial charge in [0, 0.05) is 0 Å². The summed E-state index contributed by atoms with van der Waals surface area (Å²) in [6, 6.07) is 0. The summed E-state index contributed by atoms with van der Waals surface area (Å²) in [4.78, 5) is 0. The molecule has 0 spiro atoms. The summed E-state index contributed by atoms with van der Waals surface area (Å²) < 4.78 is 24.6. The molecule has 0 fully saturated rings. The van der Waals surface area contributed by atoms with Crippen molar-refractivity contribution in [1.29, 1.82) is 0 Å². The number of aromatic nitrogens is 2. The average molecular weight is 204 g/mol. The van der Waals surface area contributed by atoms with E-state index in [4.69, 9.17) is 5.14 Å². The molecule has 0 atom stereocenters. The van der Waals surface area contributed by atoms with Gasteiger partial charge in [-0.25, -0.2) is 4.57 Å². The van der Waals surface area contributed by atoms with Crippen LogP contribution in [-0.2, 0) is 15.7 Å². The maximum absolute atomic E-state index is 10.9. The fourth-order valence-corrected chi connectivity index (χ4v) is 1.34. The summed E-state index contributed by atoms with van der Waals surface area (Å²) in [5.41, 5.74) is -0.143. The van der Waals surface area contributed by atoms with E-state index in [9.17, 15) is 8.42 Å². The molecule has 0 aliphatic rings. The third-order valence-electron chi connectivity index (χ3n) is 1.68. The highest BCUT2D eigenvalue weighted by atomic mass is 32.2. The molecule has 5 nitrogen and oxygen atoms in total. The largest absolute Gasteiger partial charge is 0.374 e. The number of rotatable bonds is 1. The Bertz CT molecular complexity index is 400. The van der Waals surface area contributed by atoms with Crippen molar-refractivity contribution in [2.75, 3.05) is 0 Å². The first-order valence-electron chi connectivity index (χ1n) is 3.84. The summed E-state index contributed by atoms with van der Waals surface area (Å²) >= 11 is 0. The quantitative estimate of drug-likeness (QED) is 0.631. The van der Waals surface area contributed by atoms with Gasteiger partial charge < -0.3 is 0 Å². The summed E-state index contributed by atoms with van der Waals surface area (Å²) in [5, 5.41) is 4.94. The Morgan fingerprint density at radius 2 is 1.92 bits per heavy atom. The van der Waals surface area contributed by atoms with Crippen LogP contribution in [0.15, 0.2) is 18.7 Å². The monoisotopic (exact) mass is 204 g/mol. The first kappa shape index (κ1) is 10.2. The van der Waals surface area contributed by atoms with E-state index in [-0.39, 0.29) is 5.54 Å². The highest BCUT2D eigenvalue weighted by Gasteiger charge is 2.22. The normalized spacial score (nSPS) is 13.2. The Hall–Kier alpha value is -0.880. The van der Waals surface area contributed by atoms with Crippen LogP contribution in [0.1, 0.15) is 20.8 Å². The van der Waals surface area contributed by atoms with Gasteiger partial charge in [-0.15, -0.1) is 3.97 Å². The molecule has 0 aliphatic heterocycles. The molecule has 0 amide bonds. The zero-order chi connectivity index (χ0) is 10.3. The van der Waals surface area contributed by atoms with E-state index in [1.807, 2.05) is 20.8 Å². The zero-order valence-electron chi connectivity index (χ0n) is 7.93. The van der Waals surface area contributed by atoms with Crippen LogP contribution in [0.5, 0.6) is 0 Å². The van der Waals surface area contributed by atoms with Gasteiger partial charge in [-0.3, -0.25) is 0 Å². The van der Waals surface area contributed by atoms with Crippen LogP contribution in [0.25, 0.3) is 0 Å². The lowest BCUT2D eigenvalue weighted by Gasteiger charge is -2.13. The van der Waals surface area contributed by atoms with E-state index in [1.54, 1.807) is 10.8 Å². The standard InChI is InChI=1S/C7H14N3O2S/c1-7(2,3)9-4-5-10(6-9)13(8,11)12/h4-6H,1-3H3,(H2,8,11,12)/q+1. The maximum Gasteiger partial charge on any atom is 0.374 e. The predicted molar refractivity (Wildman–Crippen MR) is 48.1 cm³/mol. The second-order valence-corrected chi connectivity index (χ2v) is 5.32. The van der Waals surface area contributed by atoms with Crippen LogP contribution >= 0.6 is 0 Å². The molecule has 1 rings (SSSR count). The fourth-order valence-electron chi connectivity index (χ4n) is 0.884. The molecular formula is C7H14N3O2S+. The van der Waals surface area contributed by atoms with E-state index >= 15 is 0 Å². The molecule has 0 radical (unpaired) electrons. The van der Waals surface area contributed by atoms with Gasteiger partial charge in [0.05, 0.1) is 0 Å². The fraction of sp³-hybridized carbons (Fsp3) is 0.571. The van der Waals surface area contributed by atoms with Gasteiger partial charge in [-0.2, -0.15) is 13.6 Å². The Morgan fingerprint density at radius 1 is 1.38 bits per heavy atom. The highest BCUT2D eigenvalue weighted by Crippen LogP contribution is 2.03. The lowest BCUT2D eigenvalue weighted by Crippen LogP contribution is -2.48. The molecule has 0 unspecified atom stereocenters. The van der Waals surface area contributed by atoms with Crippen molar-refractivity contribution in [2.24, 2.45) is 5.14 Å². The minimum Gasteiger partial charge on any atom is -0.231 e. The van der Waals surface area contributed by atoms with Crippen molar-refractivity contribution in [2.45, 2.75) is 26.3 Å². The summed E-state index contributed by atoms with van der Waals surface area (Å²) in [6.07, 6.45) is 4.54. The zero-order valence-corrected chi connectivity index (χ0v) is 8.75. The SMILES string of the molecule is CC(C)(C)[n+]1ccn(S(N)(=O)=O)c1. The summed E-state index contributed by atoms with van der Waals surface area (Å²) in [7, 11) is -3.65. The smallest absolute Gasteiger partial charge is 0.231 e. The topological polar surface area (TPSA) is 69.0 Å². The van der Waals surface area contributed by atoms with E-state index in [0.717, 1.165) is 3.97 Å². The predicted octanol–water partition coefficient (Wildman–Crippen LogP) is -0.418. The molecule has 74 valence electrons. The van der Waals surface area contributed by atoms with Crippen LogP contribution in [0.3, 0.4) is 0 Å². The van der Waals surface area contributed by atoms with Gasteiger partial charge in [0.1, 0.15) is 17.9 Å². The van der Waals surface area contributed by atoms with Gasteiger partial charge in [-0.05, 0) is 20.8 Å².